The summed E-state index contributed by atoms with van der Waals surface area (Å²) in [6, 6.07) is 3.28. The number of aromatic hydroxyl groups is 1. The summed E-state index contributed by atoms with van der Waals surface area (Å²) in [5, 5.41) is 9.88. The SMILES string of the molecule is Cc1c(O)cnc2cc(C(F)(F)F)ccc12. The molecule has 2 rings (SSSR count). The third kappa shape index (κ3) is 1.68. The Morgan fingerprint density at radius 1 is 1.25 bits per heavy atom. The maximum atomic E-state index is 12.4. The minimum absolute atomic E-state index is 0.0211. The number of nitrogens with zero attached hydrogens (tertiary/aromatic N) is 1. The second-order valence-electron chi connectivity index (χ2n) is 3.50. The van der Waals surface area contributed by atoms with Gasteiger partial charge in [-0.2, -0.15) is 13.2 Å². The van der Waals surface area contributed by atoms with Crippen molar-refractivity contribution in [2.75, 3.05) is 0 Å². The number of aryl methyl sites for hydroxylation is 1. The lowest BCUT2D eigenvalue weighted by Gasteiger charge is -2.08. The summed E-state index contributed by atoms with van der Waals surface area (Å²) in [4.78, 5) is 3.77. The van der Waals surface area contributed by atoms with Gasteiger partial charge in [0.05, 0.1) is 17.3 Å². The highest BCUT2D eigenvalue weighted by Gasteiger charge is 2.30. The highest BCUT2D eigenvalue weighted by molar-refractivity contribution is 5.84. The zero-order valence-electron chi connectivity index (χ0n) is 8.34. The van der Waals surface area contributed by atoms with Crippen molar-refractivity contribution in [3.05, 3.63) is 35.5 Å². The molecule has 0 atom stereocenters. The Labute approximate surface area is 89.4 Å². The van der Waals surface area contributed by atoms with Crippen LogP contribution < -0.4 is 0 Å². The largest absolute Gasteiger partial charge is 0.506 e. The minimum atomic E-state index is -4.37. The van der Waals surface area contributed by atoms with Gasteiger partial charge in [0.2, 0.25) is 0 Å². The van der Waals surface area contributed by atoms with E-state index in [4.69, 9.17) is 0 Å². The molecule has 0 saturated heterocycles. The van der Waals surface area contributed by atoms with E-state index in [1.807, 2.05) is 0 Å². The first-order valence-corrected chi connectivity index (χ1v) is 4.55. The van der Waals surface area contributed by atoms with E-state index in [-0.39, 0.29) is 11.3 Å². The average Bonchev–Trinajstić information content (AvgIpc) is 2.22. The van der Waals surface area contributed by atoms with Crippen molar-refractivity contribution in [1.29, 1.82) is 0 Å². The first-order valence-electron chi connectivity index (χ1n) is 4.55. The van der Waals surface area contributed by atoms with Crippen molar-refractivity contribution in [1.82, 2.24) is 4.98 Å². The lowest BCUT2D eigenvalue weighted by molar-refractivity contribution is -0.137. The van der Waals surface area contributed by atoms with Crippen LogP contribution in [-0.4, -0.2) is 10.1 Å². The van der Waals surface area contributed by atoms with Gasteiger partial charge in [0.15, 0.2) is 0 Å². The smallest absolute Gasteiger partial charge is 0.416 e. The standard InChI is InChI=1S/C11H8F3NO/c1-6-8-3-2-7(11(12,13)14)4-9(8)15-5-10(6)16/h2-5,16H,1H3. The van der Waals surface area contributed by atoms with Gasteiger partial charge in [0, 0.05) is 10.9 Å². The van der Waals surface area contributed by atoms with Crippen molar-refractivity contribution in [2.45, 2.75) is 13.1 Å². The Hall–Kier alpha value is -1.78. The van der Waals surface area contributed by atoms with Crippen LogP contribution in [0.15, 0.2) is 24.4 Å². The molecule has 0 aliphatic carbocycles. The van der Waals surface area contributed by atoms with Gasteiger partial charge in [0.1, 0.15) is 5.75 Å². The lowest BCUT2D eigenvalue weighted by Crippen LogP contribution is -2.04. The molecule has 1 N–H and O–H groups in total. The van der Waals surface area contributed by atoms with Crippen molar-refractivity contribution < 1.29 is 18.3 Å². The van der Waals surface area contributed by atoms with Crippen LogP contribution in [0.4, 0.5) is 13.2 Å². The molecule has 0 aliphatic heterocycles. The highest BCUT2D eigenvalue weighted by Crippen LogP contribution is 2.32. The van der Waals surface area contributed by atoms with Gasteiger partial charge in [-0.15, -0.1) is 0 Å². The van der Waals surface area contributed by atoms with E-state index < -0.39 is 11.7 Å². The van der Waals surface area contributed by atoms with Crippen LogP contribution in [0, 0.1) is 6.92 Å². The number of aromatic nitrogens is 1. The summed E-state index contributed by atoms with van der Waals surface area (Å²) in [7, 11) is 0. The summed E-state index contributed by atoms with van der Waals surface area (Å²) >= 11 is 0. The van der Waals surface area contributed by atoms with Crippen LogP contribution in [0.25, 0.3) is 10.9 Å². The quantitative estimate of drug-likeness (QED) is 0.749. The van der Waals surface area contributed by atoms with Crippen molar-refractivity contribution in [2.24, 2.45) is 0 Å². The van der Waals surface area contributed by atoms with E-state index in [0.29, 0.717) is 10.9 Å². The third-order valence-corrected chi connectivity index (χ3v) is 2.44. The lowest BCUT2D eigenvalue weighted by atomic mass is 10.1. The van der Waals surface area contributed by atoms with Crippen LogP contribution >= 0.6 is 0 Å². The summed E-state index contributed by atoms with van der Waals surface area (Å²) in [5.74, 6) is -0.0211. The Morgan fingerprint density at radius 3 is 2.56 bits per heavy atom. The Balaban J connectivity index is 2.70. The molecule has 84 valence electrons. The summed E-state index contributed by atoms with van der Waals surface area (Å²) in [6.07, 6.45) is -3.22. The highest BCUT2D eigenvalue weighted by atomic mass is 19.4. The first kappa shape index (κ1) is 10.7. The van der Waals surface area contributed by atoms with E-state index >= 15 is 0 Å². The Bertz CT molecular complexity index is 549. The zero-order valence-corrected chi connectivity index (χ0v) is 8.34. The van der Waals surface area contributed by atoms with E-state index in [2.05, 4.69) is 4.98 Å². The van der Waals surface area contributed by atoms with Crippen LogP contribution in [0.2, 0.25) is 0 Å². The fourth-order valence-electron chi connectivity index (χ4n) is 1.50. The monoisotopic (exact) mass is 227 g/mol. The number of fused-ring (bicyclic) bond motifs is 1. The second kappa shape index (κ2) is 3.37. The molecule has 2 aromatic rings. The molecular weight excluding hydrogens is 219 g/mol. The van der Waals surface area contributed by atoms with Crippen molar-refractivity contribution >= 4 is 10.9 Å². The predicted molar refractivity (Wildman–Crippen MR) is 53.1 cm³/mol. The third-order valence-electron chi connectivity index (χ3n) is 2.44. The fraction of sp³-hybridized carbons (Fsp3) is 0.182. The molecule has 1 aromatic carbocycles. The van der Waals surface area contributed by atoms with E-state index in [9.17, 15) is 18.3 Å². The average molecular weight is 227 g/mol. The maximum Gasteiger partial charge on any atom is 0.416 e. The number of halogens is 3. The molecule has 0 unspecified atom stereocenters. The normalized spacial score (nSPS) is 12.0. The summed E-state index contributed by atoms with van der Waals surface area (Å²) in [5.41, 5.74) is 0.0152. The first-order chi connectivity index (χ1) is 7.39. The molecule has 1 heterocycles. The van der Waals surface area contributed by atoms with Gasteiger partial charge in [-0.3, -0.25) is 4.98 Å². The zero-order chi connectivity index (χ0) is 11.9. The van der Waals surface area contributed by atoms with E-state index in [1.165, 1.54) is 6.07 Å². The van der Waals surface area contributed by atoms with Gasteiger partial charge >= 0.3 is 6.18 Å². The molecule has 16 heavy (non-hydrogen) atoms. The topological polar surface area (TPSA) is 33.1 Å². The van der Waals surface area contributed by atoms with Crippen molar-refractivity contribution in [3.63, 3.8) is 0 Å². The molecule has 2 nitrogen and oxygen atoms in total. The fourth-order valence-corrected chi connectivity index (χ4v) is 1.50. The van der Waals surface area contributed by atoms with E-state index in [0.717, 1.165) is 18.3 Å². The van der Waals surface area contributed by atoms with Gasteiger partial charge in [-0.05, 0) is 19.1 Å². The number of hydrogen-bond donors (Lipinski definition) is 1. The summed E-state index contributed by atoms with van der Waals surface area (Å²) in [6.45, 7) is 1.63. The Kier molecular flexibility index (Phi) is 2.26. The molecule has 0 amide bonds. The summed E-state index contributed by atoms with van der Waals surface area (Å²) < 4.78 is 37.3. The maximum absolute atomic E-state index is 12.4. The van der Waals surface area contributed by atoms with Gasteiger partial charge < -0.3 is 5.11 Å². The van der Waals surface area contributed by atoms with Gasteiger partial charge in [-0.1, -0.05) is 6.07 Å². The van der Waals surface area contributed by atoms with E-state index in [1.54, 1.807) is 6.92 Å². The number of rotatable bonds is 0. The minimum Gasteiger partial charge on any atom is -0.506 e. The predicted octanol–water partition coefficient (Wildman–Crippen LogP) is 3.27. The molecule has 0 bridgehead atoms. The molecular formula is C11H8F3NO. The number of benzene rings is 1. The molecule has 0 saturated carbocycles. The molecule has 0 spiro atoms. The molecule has 5 heteroatoms. The number of pyridine rings is 1. The molecule has 0 aliphatic rings. The molecule has 1 aromatic heterocycles. The second-order valence-corrected chi connectivity index (χ2v) is 3.50. The van der Waals surface area contributed by atoms with Crippen LogP contribution in [0.3, 0.4) is 0 Å². The van der Waals surface area contributed by atoms with Crippen LogP contribution in [0.5, 0.6) is 5.75 Å². The number of hydrogen-bond acceptors (Lipinski definition) is 2. The molecule has 0 radical (unpaired) electrons. The van der Waals surface area contributed by atoms with Crippen LogP contribution in [-0.2, 0) is 6.18 Å². The van der Waals surface area contributed by atoms with Crippen molar-refractivity contribution in [3.8, 4) is 5.75 Å². The van der Waals surface area contributed by atoms with Gasteiger partial charge in [-0.25, -0.2) is 0 Å². The Morgan fingerprint density at radius 2 is 1.94 bits per heavy atom. The van der Waals surface area contributed by atoms with Gasteiger partial charge in [0.25, 0.3) is 0 Å². The van der Waals surface area contributed by atoms with Crippen LogP contribution in [0.1, 0.15) is 11.1 Å². The number of alkyl halides is 3. The molecule has 0 fully saturated rings.